The van der Waals surface area contributed by atoms with Gasteiger partial charge in [-0.2, -0.15) is 0 Å². The van der Waals surface area contributed by atoms with Crippen molar-refractivity contribution >= 4 is 34.1 Å². The highest BCUT2D eigenvalue weighted by Crippen LogP contribution is 2.46. The predicted octanol–water partition coefficient (Wildman–Crippen LogP) is 33.7. The molecule has 576 valence electrons. The summed E-state index contributed by atoms with van der Waals surface area (Å²) in [7, 11) is 0. The maximum atomic E-state index is 2.35. The lowest BCUT2D eigenvalue weighted by atomic mass is 9.87. The highest BCUT2D eigenvalue weighted by Gasteiger charge is 2.21. The highest BCUT2D eigenvalue weighted by molar-refractivity contribution is 5.96. The van der Waals surface area contributed by atoms with E-state index in [1.54, 1.807) is 0 Å². The predicted molar refractivity (Wildman–Crippen MR) is 518 cm³/mol. The summed E-state index contributed by atoms with van der Waals surface area (Å²) in [4.78, 5) is 4.71. The fourth-order valence-electron chi connectivity index (χ4n) is 16.7. The van der Waals surface area contributed by atoms with E-state index in [0.29, 0.717) is 0 Å². The summed E-state index contributed by atoms with van der Waals surface area (Å²) in [6.07, 6.45) is 0. The van der Waals surface area contributed by atoms with Crippen molar-refractivity contribution in [2.45, 2.75) is 0 Å². The first-order valence-corrected chi connectivity index (χ1v) is 41.8. The van der Waals surface area contributed by atoms with E-state index in [1.807, 2.05) is 0 Å². The molecule has 20 rings (SSSR count). The lowest BCUT2D eigenvalue weighted by Crippen LogP contribution is -2.09. The molecule has 0 saturated heterocycles. The van der Waals surface area contributed by atoms with Gasteiger partial charge in [-0.05, 0) is 235 Å². The standard InChI is InChI=1S/2C60H43N/c1-5-14-44(15-6-1)46-24-28-48(29-25-46)50-32-38-55(39-33-50)61(56-40-34-51(35-41-56)49-30-26-47(27-31-49)45-16-7-2-8-17-45)57-42-36-53(37-43-57)59-23-13-22-58(52-18-9-3-10-19-52)60(59)54-20-11-4-12-21-54;1-5-13-44(14-6-1)47-21-25-49(26-22-47)51-29-36-56(37-30-51)61(57-38-31-52(32-39-57)50-27-23-48(24-28-50)45-15-7-2-8-16-45)58-40-33-54(34-41-58)59-42-35-55(46-17-9-3-10-18-46)43-60(59)53-19-11-4-12-20-53/h2*1-43H. The minimum Gasteiger partial charge on any atom is -0.311 e. The number of rotatable bonds is 20. The van der Waals surface area contributed by atoms with Crippen molar-refractivity contribution in [2.75, 3.05) is 9.80 Å². The summed E-state index contributed by atoms with van der Waals surface area (Å²) in [6, 6.07) is 188. The van der Waals surface area contributed by atoms with Crippen LogP contribution in [0.25, 0.3) is 156 Å². The van der Waals surface area contributed by atoms with Gasteiger partial charge >= 0.3 is 0 Å². The van der Waals surface area contributed by atoms with E-state index < -0.39 is 0 Å². The number of hydrogen-bond acceptors (Lipinski definition) is 2. The molecule has 0 aromatic heterocycles. The first kappa shape index (κ1) is 76.0. The molecule has 0 saturated carbocycles. The van der Waals surface area contributed by atoms with Gasteiger partial charge in [-0.15, -0.1) is 0 Å². The van der Waals surface area contributed by atoms with E-state index in [9.17, 15) is 0 Å². The second-order valence-electron chi connectivity index (χ2n) is 30.7. The molecule has 122 heavy (non-hydrogen) atoms. The van der Waals surface area contributed by atoms with Crippen LogP contribution >= 0.6 is 0 Å². The summed E-state index contributed by atoms with van der Waals surface area (Å²) in [6.45, 7) is 0. The third kappa shape index (κ3) is 17.0. The molecule has 0 heterocycles. The topological polar surface area (TPSA) is 6.48 Å². The fourth-order valence-corrected chi connectivity index (χ4v) is 16.7. The molecule has 20 aromatic carbocycles. The van der Waals surface area contributed by atoms with Crippen molar-refractivity contribution < 1.29 is 0 Å². The monoisotopic (exact) mass is 1550 g/mol. The summed E-state index contributed by atoms with van der Waals surface area (Å²) >= 11 is 0. The van der Waals surface area contributed by atoms with Crippen LogP contribution in [0.1, 0.15) is 0 Å². The lowest BCUT2D eigenvalue weighted by Gasteiger charge is -2.26. The molecule has 0 amide bonds. The van der Waals surface area contributed by atoms with Crippen molar-refractivity contribution in [3.05, 3.63) is 522 Å². The summed E-state index contributed by atoms with van der Waals surface area (Å²) in [5, 5.41) is 0. The van der Waals surface area contributed by atoms with E-state index >= 15 is 0 Å². The molecule has 0 atom stereocenters. The van der Waals surface area contributed by atoms with E-state index in [2.05, 4.69) is 532 Å². The van der Waals surface area contributed by atoms with Gasteiger partial charge in [0.1, 0.15) is 0 Å². The minimum absolute atomic E-state index is 1.09. The number of hydrogen-bond donors (Lipinski definition) is 0. The Hall–Kier alpha value is -16.0. The fraction of sp³-hybridized carbons (Fsp3) is 0. The molecular weight excluding hydrogens is 1470 g/mol. The van der Waals surface area contributed by atoms with Gasteiger partial charge in [0.05, 0.1) is 0 Å². The van der Waals surface area contributed by atoms with Crippen LogP contribution in [0, 0.1) is 0 Å². The van der Waals surface area contributed by atoms with Crippen molar-refractivity contribution in [1.82, 2.24) is 0 Å². The van der Waals surface area contributed by atoms with Crippen LogP contribution in [0.4, 0.5) is 34.1 Å². The SMILES string of the molecule is c1ccc(-c2ccc(-c3ccc(N(c4ccc(-c5ccc(-c6ccccc6)cc5)cc4)c4ccc(-c5ccc(-c6ccccc6)cc5-c5ccccc5)cc4)cc3)cc2)cc1.c1ccc(-c2ccc(-c3ccc(N(c4ccc(-c5ccc(-c6ccccc6)cc5)cc4)c4ccc(-c5cccc(-c6ccccc6)c5-c5ccccc5)cc4)cc3)cc2)cc1. The molecule has 0 N–H and O–H groups in total. The van der Waals surface area contributed by atoms with E-state index in [4.69, 9.17) is 0 Å². The molecular formula is C120H86N2. The maximum Gasteiger partial charge on any atom is 0.0462 e. The first-order chi connectivity index (χ1) is 60.5. The van der Waals surface area contributed by atoms with Gasteiger partial charge in [-0.1, -0.05) is 443 Å². The smallest absolute Gasteiger partial charge is 0.0462 e. The summed E-state index contributed by atoms with van der Waals surface area (Å²) < 4.78 is 0. The number of nitrogens with zero attached hydrogens (tertiary/aromatic N) is 2. The van der Waals surface area contributed by atoms with Crippen LogP contribution in [0.2, 0.25) is 0 Å². The van der Waals surface area contributed by atoms with Crippen LogP contribution in [0.3, 0.4) is 0 Å². The molecule has 2 heteroatoms. The van der Waals surface area contributed by atoms with Crippen LogP contribution in [0.15, 0.2) is 522 Å². The molecule has 0 aliphatic carbocycles. The quantitative estimate of drug-likeness (QED) is 0.0750. The molecule has 20 aromatic rings. The van der Waals surface area contributed by atoms with Gasteiger partial charge in [-0.3, -0.25) is 0 Å². The van der Waals surface area contributed by atoms with Gasteiger partial charge in [0.15, 0.2) is 0 Å². The first-order valence-electron chi connectivity index (χ1n) is 41.8. The molecule has 0 radical (unpaired) electrons. The Balaban J connectivity index is 0.000000161. The third-order valence-electron chi connectivity index (χ3n) is 23.1. The molecule has 0 aliphatic rings. The highest BCUT2D eigenvalue weighted by atomic mass is 15.1. The third-order valence-corrected chi connectivity index (χ3v) is 23.1. The zero-order valence-electron chi connectivity index (χ0n) is 67.5. The van der Waals surface area contributed by atoms with Gasteiger partial charge in [0.2, 0.25) is 0 Å². The van der Waals surface area contributed by atoms with Crippen molar-refractivity contribution in [3.8, 4) is 156 Å². The van der Waals surface area contributed by atoms with Crippen molar-refractivity contribution in [1.29, 1.82) is 0 Å². The summed E-state index contributed by atoms with van der Waals surface area (Å²) in [5.74, 6) is 0. The zero-order valence-corrected chi connectivity index (χ0v) is 67.5. The van der Waals surface area contributed by atoms with Crippen LogP contribution in [0.5, 0.6) is 0 Å². The van der Waals surface area contributed by atoms with Gasteiger partial charge in [0, 0.05) is 34.1 Å². The van der Waals surface area contributed by atoms with Crippen LogP contribution in [-0.2, 0) is 0 Å². The van der Waals surface area contributed by atoms with Crippen molar-refractivity contribution in [2.24, 2.45) is 0 Å². The summed E-state index contributed by atoms with van der Waals surface area (Å²) in [5.41, 5.74) is 40.2. The Morgan fingerprint density at radius 2 is 0.246 bits per heavy atom. The zero-order chi connectivity index (χ0) is 81.6. The Morgan fingerprint density at radius 1 is 0.0902 bits per heavy atom. The molecule has 0 spiro atoms. The molecule has 2 nitrogen and oxygen atoms in total. The largest absolute Gasteiger partial charge is 0.311 e. The van der Waals surface area contributed by atoms with E-state index in [-0.39, 0.29) is 0 Å². The molecule has 0 fully saturated rings. The molecule has 0 unspecified atom stereocenters. The van der Waals surface area contributed by atoms with Crippen LogP contribution in [-0.4, -0.2) is 0 Å². The maximum absolute atomic E-state index is 2.35. The van der Waals surface area contributed by atoms with E-state index in [0.717, 1.165) is 34.1 Å². The normalized spacial score (nSPS) is 11.0. The Labute approximate surface area is 716 Å². The van der Waals surface area contributed by atoms with Gasteiger partial charge in [-0.25, -0.2) is 0 Å². The average molecular weight is 1560 g/mol. The minimum atomic E-state index is 1.09. The average Bonchev–Trinajstić information content (AvgIpc) is 0.772. The van der Waals surface area contributed by atoms with E-state index in [1.165, 1.54) is 156 Å². The van der Waals surface area contributed by atoms with Crippen molar-refractivity contribution in [3.63, 3.8) is 0 Å². The lowest BCUT2D eigenvalue weighted by molar-refractivity contribution is 1.28. The van der Waals surface area contributed by atoms with Gasteiger partial charge in [0.25, 0.3) is 0 Å². The molecule has 0 bridgehead atoms. The molecule has 0 aliphatic heterocycles. The van der Waals surface area contributed by atoms with Gasteiger partial charge < -0.3 is 9.80 Å². The number of anilines is 6. The second-order valence-corrected chi connectivity index (χ2v) is 30.7. The second kappa shape index (κ2) is 35.8. The number of benzene rings is 20. The Morgan fingerprint density at radius 3 is 0.484 bits per heavy atom. The Bertz CT molecular complexity index is 6540. The van der Waals surface area contributed by atoms with Crippen LogP contribution < -0.4 is 9.80 Å². The Kier molecular flexibility index (Phi) is 22.3.